The number of nitrogens with one attached hydrogen (secondary N) is 2. The number of aromatic amines is 1. The number of hydrogen-bond acceptors (Lipinski definition) is 6. The van der Waals surface area contributed by atoms with Crippen molar-refractivity contribution < 1.29 is 4.79 Å². The fourth-order valence-electron chi connectivity index (χ4n) is 5.45. The molecule has 174 valence electrons. The van der Waals surface area contributed by atoms with Crippen molar-refractivity contribution in [1.29, 1.82) is 0 Å². The van der Waals surface area contributed by atoms with E-state index < -0.39 is 0 Å². The van der Waals surface area contributed by atoms with E-state index in [1.165, 1.54) is 21.4 Å². The molecule has 4 heterocycles. The van der Waals surface area contributed by atoms with Gasteiger partial charge in [-0.25, -0.2) is 4.98 Å². The molecule has 7 nitrogen and oxygen atoms in total. The number of anilines is 1. The van der Waals surface area contributed by atoms with Gasteiger partial charge in [-0.2, -0.15) is 0 Å². The highest BCUT2D eigenvalue weighted by atomic mass is 32.1. The van der Waals surface area contributed by atoms with Crippen LogP contribution in [0, 0.1) is 0 Å². The summed E-state index contributed by atoms with van der Waals surface area (Å²) in [5.74, 6) is 0.0575. The van der Waals surface area contributed by atoms with Crippen LogP contribution in [0.5, 0.6) is 0 Å². The van der Waals surface area contributed by atoms with Gasteiger partial charge in [-0.3, -0.25) is 9.78 Å². The van der Waals surface area contributed by atoms with Crippen LogP contribution in [0.1, 0.15) is 46.6 Å². The Bertz CT molecular complexity index is 1390. The molecule has 0 bridgehead atoms. The van der Waals surface area contributed by atoms with Crippen molar-refractivity contribution in [2.24, 2.45) is 0 Å². The minimum atomic E-state index is 0.00419. The standard InChI is InChI=1S/C26H28N6OS/c1-26(2)11-20-22(31-25(27)34-20)23-21(26)18-10-15(5-6-19(18)30-23)12-29-17-7-9-32(14-17)24(33)16-4-3-8-28-13-16/h3-6,8,10,13,17,29-30H,7,9,11-12,14H2,1-2H3,(H2,27,31). The monoisotopic (exact) mass is 472 g/mol. The van der Waals surface area contributed by atoms with Crippen molar-refractivity contribution >= 4 is 33.3 Å². The molecule has 8 heteroatoms. The van der Waals surface area contributed by atoms with E-state index in [0.29, 0.717) is 10.7 Å². The molecule has 1 saturated heterocycles. The molecule has 34 heavy (non-hydrogen) atoms. The average molecular weight is 473 g/mol. The first-order chi connectivity index (χ1) is 16.4. The molecule has 1 atom stereocenters. The number of benzene rings is 1. The summed E-state index contributed by atoms with van der Waals surface area (Å²) in [5.41, 5.74) is 12.5. The van der Waals surface area contributed by atoms with E-state index in [0.717, 1.165) is 49.4 Å². The molecule has 1 unspecified atom stereocenters. The molecule has 0 saturated carbocycles. The third-order valence-corrected chi connectivity index (χ3v) is 7.96. The van der Waals surface area contributed by atoms with E-state index in [9.17, 15) is 4.79 Å². The second-order valence-electron chi connectivity index (χ2n) is 10.00. The summed E-state index contributed by atoms with van der Waals surface area (Å²) in [6.45, 7) is 6.86. The van der Waals surface area contributed by atoms with Gasteiger partial charge in [-0.15, -0.1) is 11.3 Å². The zero-order valence-electron chi connectivity index (χ0n) is 19.4. The lowest BCUT2D eigenvalue weighted by Gasteiger charge is -2.29. The van der Waals surface area contributed by atoms with Crippen LogP contribution in [0.3, 0.4) is 0 Å². The number of carbonyl (C=O) groups excluding carboxylic acids is 1. The maximum atomic E-state index is 12.7. The normalized spacial score (nSPS) is 18.8. The number of nitrogens with zero attached hydrogens (tertiary/aromatic N) is 3. The molecular weight excluding hydrogens is 444 g/mol. The zero-order valence-corrected chi connectivity index (χ0v) is 20.2. The lowest BCUT2D eigenvalue weighted by Crippen LogP contribution is -2.34. The van der Waals surface area contributed by atoms with Gasteiger partial charge in [0.05, 0.1) is 11.3 Å². The van der Waals surface area contributed by atoms with Crippen molar-refractivity contribution in [2.45, 2.75) is 44.7 Å². The zero-order chi connectivity index (χ0) is 23.4. The Labute approximate surface area is 202 Å². The van der Waals surface area contributed by atoms with Crippen LogP contribution >= 0.6 is 11.3 Å². The third kappa shape index (κ3) is 3.58. The van der Waals surface area contributed by atoms with E-state index in [2.05, 4.69) is 52.3 Å². The number of H-pyrrole nitrogens is 1. The van der Waals surface area contributed by atoms with Gasteiger partial charge in [0.15, 0.2) is 5.13 Å². The molecule has 1 aliphatic heterocycles. The van der Waals surface area contributed by atoms with Crippen molar-refractivity contribution in [3.05, 3.63) is 64.3 Å². The highest BCUT2D eigenvalue weighted by Gasteiger charge is 2.36. The molecule has 4 N–H and O–H groups in total. The SMILES string of the molecule is CC1(C)Cc2sc(N)nc2-c2[nH]c3ccc(CNC4CCN(C(=O)c5cccnc5)C4)cc3c21. The summed E-state index contributed by atoms with van der Waals surface area (Å²) in [4.78, 5) is 28.2. The van der Waals surface area contributed by atoms with Crippen molar-refractivity contribution in [3.8, 4) is 11.4 Å². The van der Waals surface area contributed by atoms with Gasteiger partial charge < -0.3 is 20.9 Å². The number of carbonyl (C=O) groups is 1. The first kappa shape index (κ1) is 21.3. The molecule has 4 aromatic rings. The fourth-order valence-corrected chi connectivity index (χ4v) is 6.52. The summed E-state index contributed by atoms with van der Waals surface area (Å²) in [6, 6.07) is 10.6. The Kier molecular flexibility index (Phi) is 4.97. The second kappa shape index (κ2) is 7.92. The van der Waals surface area contributed by atoms with E-state index >= 15 is 0 Å². The quantitative estimate of drug-likeness (QED) is 0.415. The topological polar surface area (TPSA) is 99.9 Å². The summed E-state index contributed by atoms with van der Waals surface area (Å²) < 4.78 is 0. The lowest BCUT2D eigenvalue weighted by molar-refractivity contribution is 0.0789. The van der Waals surface area contributed by atoms with Gasteiger partial charge in [-0.1, -0.05) is 19.9 Å². The van der Waals surface area contributed by atoms with Gasteiger partial charge in [0.2, 0.25) is 0 Å². The van der Waals surface area contributed by atoms with Gasteiger partial charge in [0, 0.05) is 53.8 Å². The Balaban J connectivity index is 1.20. The number of amides is 1. The minimum Gasteiger partial charge on any atom is -0.375 e. The molecule has 0 spiro atoms. The Morgan fingerprint density at radius 2 is 2.24 bits per heavy atom. The molecule has 2 aliphatic rings. The number of thiazole rings is 1. The number of rotatable bonds is 4. The van der Waals surface area contributed by atoms with E-state index in [4.69, 9.17) is 5.73 Å². The van der Waals surface area contributed by atoms with Crippen molar-refractivity contribution in [3.63, 3.8) is 0 Å². The van der Waals surface area contributed by atoms with Gasteiger partial charge >= 0.3 is 0 Å². The predicted molar refractivity (Wildman–Crippen MR) is 136 cm³/mol. The number of pyridine rings is 1. The Hall–Kier alpha value is -3.23. The largest absolute Gasteiger partial charge is 0.375 e. The molecular formula is C26H28N6OS. The highest BCUT2D eigenvalue weighted by molar-refractivity contribution is 7.15. The number of nitrogen functional groups attached to an aromatic ring is 1. The third-order valence-electron chi connectivity index (χ3n) is 7.07. The highest BCUT2D eigenvalue weighted by Crippen LogP contribution is 2.48. The van der Waals surface area contributed by atoms with Crippen LogP contribution in [0.15, 0.2) is 42.7 Å². The first-order valence-corrected chi connectivity index (χ1v) is 12.5. The summed E-state index contributed by atoms with van der Waals surface area (Å²) in [5, 5.41) is 5.55. The predicted octanol–water partition coefficient (Wildman–Crippen LogP) is 4.11. The number of likely N-dealkylation sites (tertiary alicyclic amines) is 1. The Morgan fingerprint density at radius 3 is 3.06 bits per heavy atom. The van der Waals surface area contributed by atoms with Gasteiger partial charge in [-0.05, 0) is 53.6 Å². The van der Waals surface area contributed by atoms with E-state index in [1.54, 1.807) is 29.8 Å². The van der Waals surface area contributed by atoms with Crippen LogP contribution in [0.4, 0.5) is 5.13 Å². The molecule has 1 aliphatic carbocycles. The first-order valence-electron chi connectivity index (χ1n) is 11.7. The van der Waals surface area contributed by atoms with Crippen LogP contribution in [0.25, 0.3) is 22.3 Å². The maximum absolute atomic E-state index is 12.7. The van der Waals surface area contributed by atoms with Crippen molar-refractivity contribution in [2.75, 3.05) is 18.8 Å². The van der Waals surface area contributed by atoms with Crippen molar-refractivity contribution in [1.82, 2.24) is 25.2 Å². The number of nitrogens with two attached hydrogens (primary N) is 1. The van der Waals surface area contributed by atoms with E-state index in [1.807, 2.05) is 11.0 Å². The smallest absolute Gasteiger partial charge is 0.255 e. The molecule has 3 aromatic heterocycles. The minimum absolute atomic E-state index is 0.00419. The summed E-state index contributed by atoms with van der Waals surface area (Å²) in [6.07, 6.45) is 5.23. The number of hydrogen-bond donors (Lipinski definition) is 3. The fraction of sp³-hybridized carbons (Fsp3) is 0.346. The molecule has 0 radical (unpaired) electrons. The van der Waals surface area contributed by atoms with E-state index in [-0.39, 0.29) is 17.4 Å². The summed E-state index contributed by atoms with van der Waals surface area (Å²) in [7, 11) is 0. The molecule has 6 rings (SSSR count). The van der Waals surface area contributed by atoms with Crippen LogP contribution in [-0.2, 0) is 18.4 Å². The average Bonchev–Trinajstić information content (AvgIpc) is 3.53. The maximum Gasteiger partial charge on any atom is 0.255 e. The van der Waals surface area contributed by atoms with Crippen LogP contribution in [-0.4, -0.2) is 44.9 Å². The number of aromatic nitrogens is 3. The lowest BCUT2D eigenvalue weighted by atomic mass is 9.75. The van der Waals surface area contributed by atoms with Gasteiger partial charge in [0.25, 0.3) is 5.91 Å². The van der Waals surface area contributed by atoms with Crippen LogP contribution < -0.4 is 11.1 Å². The second-order valence-corrected chi connectivity index (χ2v) is 11.1. The summed E-state index contributed by atoms with van der Waals surface area (Å²) >= 11 is 1.60. The molecule has 1 aromatic carbocycles. The molecule has 1 fully saturated rings. The Morgan fingerprint density at radius 1 is 1.35 bits per heavy atom. The number of fused-ring (bicyclic) bond motifs is 5. The molecule has 1 amide bonds. The van der Waals surface area contributed by atoms with Gasteiger partial charge in [0.1, 0.15) is 5.69 Å². The van der Waals surface area contributed by atoms with Crippen LogP contribution in [0.2, 0.25) is 0 Å².